The maximum absolute atomic E-state index is 9.91. The molecule has 0 saturated heterocycles. The van der Waals surface area contributed by atoms with Crippen molar-refractivity contribution in [2.75, 3.05) is 0 Å². The predicted octanol–water partition coefficient (Wildman–Crippen LogP) is 1.79. The number of carbonyl (C=O) groups excluding carboxylic acids is 1. The molecule has 0 unspecified atom stereocenters. The van der Waals surface area contributed by atoms with Gasteiger partial charge in [0.05, 0.1) is 0 Å². The molecule has 0 aromatic heterocycles. The Hall–Kier alpha value is -1.47. The van der Waals surface area contributed by atoms with Crippen LogP contribution >= 0.6 is 11.8 Å². The van der Waals surface area contributed by atoms with Crippen molar-refractivity contribution in [1.82, 2.24) is 0 Å². The Bertz CT molecular complexity index is 302. The van der Waals surface area contributed by atoms with E-state index in [1.54, 1.807) is 24.3 Å². The fourth-order valence-electron chi connectivity index (χ4n) is 0.695. The third-order valence-corrected chi connectivity index (χ3v) is 1.77. The zero-order valence-electron chi connectivity index (χ0n) is 6.06. The summed E-state index contributed by atoms with van der Waals surface area (Å²) >= 11 is 1.06. The minimum Gasteiger partial charge on any atom is -0.429 e. The minimum absolute atomic E-state index is 0.368. The van der Waals surface area contributed by atoms with E-state index in [0.29, 0.717) is 12.2 Å². The number of thiocyanates is 1. The summed E-state index contributed by atoms with van der Waals surface area (Å²) in [4.78, 5) is 10.7. The first-order valence-corrected chi connectivity index (χ1v) is 3.95. The van der Waals surface area contributed by atoms with Gasteiger partial charge in [-0.3, -0.25) is 4.79 Å². The van der Waals surface area contributed by atoms with Gasteiger partial charge in [-0.05, 0) is 36.0 Å². The van der Waals surface area contributed by atoms with E-state index < -0.39 is 0 Å². The monoisotopic (exact) mass is 179 g/mol. The van der Waals surface area contributed by atoms with Crippen molar-refractivity contribution < 1.29 is 9.53 Å². The maximum atomic E-state index is 9.91. The van der Waals surface area contributed by atoms with Crippen LogP contribution < -0.4 is 4.74 Å². The third kappa shape index (κ3) is 2.29. The van der Waals surface area contributed by atoms with Crippen LogP contribution in [-0.2, 0) is 4.79 Å². The summed E-state index contributed by atoms with van der Waals surface area (Å²) in [5.74, 6) is 0.479. The van der Waals surface area contributed by atoms with Gasteiger partial charge in [-0.1, -0.05) is 0 Å². The van der Waals surface area contributed by atoms with Crippen LogP contribution in [0.3, 0.4) is 0 Å². The molecular formula is C8H5NO2S. The van der Waals surface area contributed by atoms with Crippen molar-refractivity contribution in [2.24, 2.45) is 0 Å². The van der Waals surface area contributed by atoms with E-state index in [-0.39, 0.29) is 0 Å². The highest BCUT2D eigenvalue weighted by molar-refractivity contribution is 8.03. The second kappa shape index (κ2) is 4.42. The van der Waals surface area contributed by atoms with E-state index in [0.717, 1.165) is 16.7 Å². The first-order chi connectivity index (χ1) is 5.86. The van der Waals surface area contributed by atoms with Crippen LogP contribution in [0.5, 0.6) is 5.75 Å². The molecule has 0 atom stereocenters. The molecule has 0 fully saturated rings. The molecule has 0 radical (unpaired) electrons. The van der Waals surface area contributed by atoms with E-state index in [4.69, 9.17) is 5.26 Å². The Balaban J connectivity index is 2.72. The van der Waals surface area contributed by atoms with Crippen LogP contribution in [0, 0.1) is 10.7 Å². The fraction of sp³-hybridized carbons (Fsp3) is 0. The molecule has 3 nitrogen and oxygen atoms in total. The molecule has 0 N–H and O–H groups in total. The smallest absolute Gasteiger partial charge is 0.298 e. The largest absolute Gasteiger partial charge is 0.429 e. The molecule has 0 heterocycles. The summed E-state index contributed by atoms with van der Waals surface area (Å²) in [6.07, 6.45) is 0. The Kier molecular flexibility index (Phi) is 3.17. The zero-order chi connectivity index (χ0) is 8.81. The lowest BCUT2D eigenvalue weighted by atomic mass is 10.3. The maximum Gasteiger partial charge on any atom is 0.298 e. The number of nitrogens with zero attached hydrogens (tertiary/aromatic N) is 1. The minimum atomic E-state index is 0.368. The number of ether oxygens (including phenoxy) is 1. The molecule has 0 amide bonds. The molecule has 1 aromatic rings. The topological polar surface area (TPSA) is 50.1 Å². The zero-order valence-corrected chi connectivity index (χ0v) is 6.88. The van der Waals surface area contributed by atoms with Crippen LogP contribution in [-0.4, -0.2) is 6.47 Å². The summed E-state index contributed by atoms with van der Waals surface area (Å²) in [5, 5.41) is 10.3. The Morgan fingerprint density at radius 1 is 1.42 bits per heavy atom. The van der Waals surface area contributed by atoms with Gasteiger partial charge in [0.15, 0.2) is 0 Å². The highest BCUT2D eigenvalue weighted by Gasteiger charge is 1.93. The van der Waals surface area contributed by atoms with Gasteiger partial charge in [0.1, 0.15) is 11.2 Å². The Morgan fingerprint density at radius 3 is 2.58 bits per heavy atom. The van der Waals surface area contributed by atoms with Gasteiger partial charge in [0, 0.05) is 4.90 Å². The van der Waals surface area contributed by atoms with E-state index in [2.05, 4.69) is 4.74 Å². The summed E-state index contributed by atoms with van der Waals surface area (Å²) in [5.41, 5.74) is 0. The normalized spacial score (nSPS) is 8.58. The van der Waals surface area contributed by atoms with Crippen molar-refractivity contribution >= 4 is 18.2 Å². The summed E-state index contributed by atoms with van der Waals surface area (Å²) < 4.78 is 4.57. The first kappa shape index (κ1) is 8.62. The number of benzene rings is 1. The van der Waals surface area contributed by atoms with Crippen molar-refractivity contribution in [3.63, 3.8) is 0 Å². The average molecular weight is 179 g/mol. The lowest BCUT2D eigenvalue weighted by Gasteiger charge is -1.96. The summed E-state index contributed by atoms with van der Waals surface area (Å²) in [6, 6.07) is 6.70. The standard InChI is InChI=1S/C8H5NO2S/c9-5-12-8-3-1-7(2-4-8)11-6-10/h1-4,6H. The van der Waals surface area contributed by atoms with Gasteiger partial charge in [-0.2, -0.15) is 5.26 Å². The van der Waals surface area contributed by atoms with Crippen LogP contribution in [0.4, 0.5) is 0 Å². The quantitative estimate of drug-likeness (QED) is 0.403. The molecule has 4 heteroatoms. The van der Waals surface area contributed by atoms with E-state index in [1.807, 2.05) is 5.40 Å². The molecule has 60 valence electrons. The van der Waals surface area contributed by atoms with Crippen molar-refractivity contribution in [3.05, 3.63) is 24.3 Å². The van der Waals surface area contributed by atoms with Gasteiger partial charge in [0.2, 0.25) is 0 Å². The van der Waals surface area contributed by atoms with Gasteiger partial charge >= 0.3 is 0 Å². The first-order valence-electron chi connectivity index (χ1n) is 3.13. The van der Waals surface area contributed by atoms with E-state index in [9.17, 15) is 4.79 Å². The highest BCUT2D eigenvalue weighted by atomic mass is 32.2. The lowest BCUT2D eigenvalue weighted by Crippen LogP contribution is -1.86. The molecule has 1 aromatic carbocycles. The molecule has 0 aliphatic rings. The van der Waals surface area contributed by atoms with Crippen molar-refractivity contribution in [2.45, 2.75) is 4.90 Å². The molecule has 0 aliphatic heterocycles. The van der Waals surface area contributed by atoms with Crippen LogP contribution in [0.1, 0.15) is 0 Å². The number of thioether (sulfide) groups is 1. The van der Waals surface area contributed by atoms with Crippen molar-refractivity contribution in [3.8, 4) is 11.2 Å². The number of rotatable bonds is 3. The molecule has 0 spiro atoms. The molecule has 0 saturated carbocycles. The van der Waals surface area contributed by atoms with E-state index >= 15 is 0 Å². The second-order valence-electron chi connectivity index (χ2n) is 1.88. The Morgan fingerprint density at radius 2 is 2.08 bits per heavy atom. The third-order valence-electron chi connectivity index (χ3n) is 1.17. The lowest BCUT2D eigenvalue weighted by molar-refractivity contribution is -0.120. The van der Waals surface area contributed by atoms with Crippen LogP contribution in [0.15, 0.2) is 29.2 Å². The number of hydrogen-bond donors (Lipinski definition) is 0. The van der Waals surface area contributed by atoms with Crippen molar-refractivity contribution in [1.29, 1.82) is 5.26 Å². The summed E-state index contributed by atoms with van der Waals surface area (Å²) in [6.45, 7) is 0.368. The van der Waals surface area contributed by atoms with Crippen LogP contribution in [0.2, 0.25) is 0 Å². The molecule has 0 aliphatic carbocycles. The second-order valence-corrected chi connectivity index (χ2v) is 2.74. The number of hydrogen-bond acceptors (Lipinski definition) is 4. The number of carbonyl (C=O) groups is 1. The van der Waals surface area contributed by atoms with Gasteiger partial charge in [0.25, 0.3) is 6.47 Å². The predicted molar refractivity (Wildman–Crippen MR) is 44.6 cm³/mol. The average Bonchev–Trinajstić information content (AvgIpc) is 2.09. The SMILES string of the molecule is N#CSc1ccc(OC=O)cc1. The van der Waals surface area contributed by atoms with E-state index in [1.165, 1.54) is 0 Å². The Labute approximate surface area is 74.0 Å². The van der Waals surface area contributed by atoms with Gasteiger partial charge < -0.3 is 4.74 Å². The molecular weight excluding hydrogens is 174 g/mol. The molecule has 1 rings (SSSR count). The van der Waals surface area contributed by atoms with Gasteiger partial charge in [-0.15, -0.1) is 0 Å². The van der Waals surface area contributed by atoms with Crippen LogP contribution in [0.25, 0.3) is 0 Å². The molecule has 0 bridgehead atoms. The summed E-state index contributed by atoms with van der Waals surface area (Å²) in [7, 11) is 0. The highest BCUT2D eigenvalue weighted by Crippen LogP contribution is 2.19. The number of nitriles is 1. The van der Waals surface area contributed by atoms with Gasteiger partial charge in [-0.25, -0.2) is 0 Å². The fourth-order valence-corrected chi connectivity index (χ4v) is 1.07. The molecule has 12 heavy (non-hydrogen) atoms.